The van der Waals surface area contributed by atoms with E-state index in [4.69, 9.17) is 14.5 Å². The van der Waals surface area contributed by atoms with E-state index in [1.54, 1.807) is 45.3 Å². The molecule has 0 radical (unpaired) electrons. The highest BCUT2D eigenvalue weighted by atomic mass is 32.2. The number of fused-ring (bicyclic) bond motifs is 1. The van der Waals surface area contributed by atoms with Crippen molar-refractivity contribution in [2.24, 2.45) is 0 Å². The molecule has 4 aromatic rings. The number of hydrogen-bond donors (Lipinski definition) is 2. The third-order valence-electron chi connectivity index (χ3n) is 6.71. The highest BCUT2D eigenvalue weighted by molar-refractivity contribution is 7.88. The lowest BCUT2D eigenvalue weighted by Gasteiger charge is -2.26. The second-order valence-corrected chi connectivity index (χ2v) is 13.0. The van der Waals surface area contributed by atoms with Crippen LogP contribution in [0.2, 0.25) is 0 Å². The van der Waals surface area contributed by atoms with Gasteiger partial charge in [0.2, 0.25) is 10.0 Å². The smallest absolute Gasteiger partial charge is 0.426 e. The van der Waals surface area contributed by atoms with Gasteiger partial charge < -0.3 is 9.47 Å². The minimum atomic E-state index is -3.40. The Bertz CT molecular complexity index is 1730. The summed E-state index contributed by atoms with van der Waals surface area (Å²) in [5.74, 6) is -0.599. The average molecular weight is 604 g/mol. The molecule has 11 nitrogen and oxygen atoms in total. The molecule has 1 fully saturated rings. The number of morpholine rings is 1. The highest BCUT2D eigenvalue weighted by Gasteiger charge is 2.24. The van der Waals surface area contributed by atoms with Crippen molar-refractivity contribution in [2.75, 3.05) is 26.3 Å². The molecular weight excluding hydrogens is 570 g/mol. The Morgan fingerprint density at radius 1 is 0.930 bits per heavy atom. The Morgan fingerprint density at radius 2 is 1.56 bits per heavy atom. The van der Waals surface area contributed by atoms with Gasteiger partial charge in [-0.25, -0.2) is 23.6 Å². The molecule has 0 unspecified atom stereocenters. The summed E-state index contributed by atoms with van der Waals surface area (Å²) >= 11 is 0. The third kappa shape index (κ3) is 7.53. The average Bonchev–Trinajstić information content (AvgIpc) is 2.99. The quantitative estimate of drug-likeness (QED) is 0.311. The summed E-state index contributed by atoms with van der Waals surface area (Å²) < 4.78 is 37.4. The molecule has 0 bridgehead atoms. The van der Waals surface area contributed by atoms with E-state index >= 15 is 0 Å². The first kappa shape index (κ1) is 30.1. The van der Waals surface area contributed by atoms with Crippen molar-refractivity contribution in [3.8, 4) is 22.4 Å². The Hall–Kier alpha value is -4.39. The minimum Gasteiger partial charge on any atom is -0.443 e. The van der Waals surface area contributed by atoms with E-state index in [0.717, 1.165) is 16.7 Å². The van der Waals surface area contributed by atoms with E-state index in [1.807, 2.05) is 48.5 Å². The molecule has 224 valence electrons. The zero-order valence-corrected chi connectivity index (χ0v) is 25.0. The van der Waals surface area contributed by atoms with Gasteiger partial charge in [0.15, 0.2) is 0 Å². The van der Waals surface area contributed by atoms with E-state index in [2.05, 4.69) is 15.8 Å². The number of pyridine rings is 2. The second-order valence-electron chi connectivity index (χ2n) is 11.1. The number of rotatable bonds is 6. The van der Waals surface area contributed by atoms with Gasteiger partial charge in [0.05, 0.1) is 35.7 Å². The lowest BCUT2D eigenvalue weighted by molar-refractivity contribution is 0.0483. The normalized spacial score (nSPS) is 14.3. The number of hydrazine groups is 1. The maximum absolute atomic E-state index is 13.1. The monoisotopic (exact) mass is 603 g/mol. The summed E-state index contributed by atoms with van der Waals surface area (Å²) in [6, 6.07) is 18.5. The van der Waals surface area contributed by atoms with Gasteiger partial charge in [-0.15, -0.1) is 0 Å². The van der Waals surface area contributed by atoms with Crippen LogP contribution in [0.5, 0.6) is 0 Å². The summed E-state index contributed by atoms with van der Waals surface area (Å²) in [6.07, 6.45) is 2.37. The van der Waals surface area contributed by atoms with Gasteiger partial charge in [-0.1, -0.05) is 48.5 Å². The summed E-state index contributed by atoms with van der Waals surface area (Å²) in [7, 11) is -3.40. The molecule has 5 rings (SSSR count). The molecule has 3 heterocycles. The number of carbonyl (C=O) groups excluding carboxylic acids is 2. The molecule has 0 spiro atoms. The molecule has 43 heavy (non-hydrogen) atoms. The van der Waals surface area contributed by atoms with E-state index in [1.165, 1.54) is 4.31 Å². The van der Waals surface area contributed by atoms with Gasteiger partial charge in [-0.3, -0.25) is 15.2 Å². The molecule has 1 aliphatic heterocycles. The maximum Gasteiger partial charge on any atom is 0.426 e. The van der Waals surface area contributed by atoms with Crippen molar-refractivity contribution in [3.63, 3.8) is 0 Å². The molecular formula is C31H33N5O6S. The van der Waals surface area contributed by atoms with Crippen LogP contribution in [-0.2, 0) is 25.2 Å². The van der Waals surface area contributed by atoms with Gasteiger partial charge in [0.25, 0.3) is 5.91 Å². The van der Waals surface area contributed by atoms with Crippen molar-refractivity contribution >= 4 is 32.9 Å². The lowest BCUT2D eigenvalue weighted by Crippen LogP contribution is -2.44. The molecule has 12 heteroatoms. The summed E-state index contributed by atoms with van der Waals surface area (Å²) in [4.78, 5) is 33.9. The van der Waals surface area contributed by atoms with Crippen LogP contribution >= 0.6 is 0 Å². The minimum absolute atomic E-state index is 0.0570. The summed E-state index contributed by atoms with van der Waals surface area (Å²) in [5.41, 5.74) is 8.76. The van der Waals surface area contributed by atoms with E-state index in [-0.39, 0.29) is 11.3 Å². The van der Waals surface area contributed by atoms with Crippen molar-refractivity contribution in [3.05, 3.63) is 84.2 Å². The van der Waals surface area contributed by atoms with Gasteiger partial charge in [-0.05, 0) is 49.6 Å². The highest BCUT2D eigenvalue weighted by Crippen LogP contribution is 2.28. The van der Waals surface area contributed by atoms with Gasteiger partial charge in [0, 0.05) is 36.4 Å². The van der Waals surface area contributed by atoms with E-state index in [9.17, 15) is 18.0 Å². The first-order chi connectivity index (χ1) is 20.5. The Morgan fingerprint density at radius 3 is 2.21 bits per heavy atom. The van der Waals surface area contributed by atoms with Crippen LogP contribution in [0.15, 0.2) is 73.1 Å². The maximum atomic E-state index is 13.1. The Labute approximate surface area is 250 Å². The molecule has 0 saturated carbocycles. The van der Waals surface area contributed by atoms with Crippen LogP contribution in [0.25, 0.3) is 33.3 Å². The Balaban J connectivity index is 1.33. The van der Waals surface area contributed by atoms with Gasteiger partial charge in [0.1, 0.15) is 5.60 Å². The molecule has 0 aliphatic carbocycles. The van der Waals surface area contributed by atoms with E-state index < -0.39 is 27.6 Å². The molecule has 1 aliphatic rings. The number of hydrogen-bond acceptors (Lipinski definition) is 8. The number of benzene rings is 2. The van der Waals surface area contributed by atoms with Crippen LogP contribution in [-0.4, -0.2) is 66.6 Å². The van der Waals surface area contributed by atoms with Crippen molar-refractivity contribution < 1.29 is 27.5 Å². The zero-order valence-electron chi connectivity index (χ0n) is 24.2. The predicted octanol–water partition coefficient (Wildman–Crippen LogP) is 4.30. The summed E-state index contributed by atoms with van der Waals surface area (Å²) in [5, 5.41) is 0.530. The SMILES string of the molecule is CC(C)(C)OC(=O)NNC(=O)c1cc(-c2ccc(-c3ccc(CS(=O)(=O)N4CCOCC4)cc3)cc2)nc2ccncc12. The first-order valence-electron chi connectivity index (χ1n) is 13.8. The van der Waals surface area contributed by atoms with Crippen LogP contribution in [0, 0.1) is 0 Å². The largest absolute Gasteiger partial charge is 0.443 e. The lowest BCUT2D eigenvalue weighted by atomic mass is 10.0. The van der Waals surface area contributed by atoms with Gasteiger partial charge in [-0.2, -0.15) is 4.31 Å². The number of nitrogens with one attached hydrogen (secondary N) is 2. The van der Waals surface area contributed by atoms with Crippen LogP contribution in [0.3, 0.4) is 0 Å². The topological polar surface area (TPSA) is 140 Å². The van der Waals surface area contributed by atoms with Crippen LogP contribution in [0.1, 0.15) is 36.7 Å². The predicted molar refractivity (Wildman–Crippen MR) is 162 cm³/mol. The third-order valence-corrected chi connectivity index (χ3v) is 8.56. The van der Waals surface area contributed by atoms with Crippen molar-refractivity contribution in [1.29, 1.82) is 0 Å². The Kier molecular flexibility index (Phi) is 8.71. The second kappa shape index (κ2) is 12.5. The molecule has 2 amide bonds. The fourth-order valence-electron chi connectivity index (χ4n) is 4.64. The molecule has 0 atom stereocenters. The van der Waals surface area contributed by atoms with Crippen LogP contribution in [0.4, 0.5) is 4.79 Å². The molecule has 2 aromatic carbocycles. The number of amides is 2. The van der Waals surface area contributed by atoms with Gasteiger partial charge >= 0.3 is 6.09 Å². The fraction of sp³-hybridized carbons (Fsp3) is 0.290. The molecule has 1 saturated heterocycles. The summed E-state index contributed by atoms with van der Waals surface area (Å²) in [6.45, 7) is 6.77. The molecule has 2 N–H and O–H groups in total. The number of carbonyl (C=O) groups is 2. The zero-order chi connectivity index (χ0) is 30.6. The molecule has 2 aromatic heterocycles. The number of aromatic nitrogens is 2. The number of nitrogens with zero attached hydrogens (tertiary/aromatic N) is 3. The van der Waals surface area contributed by atoms with Crippen molar-refractivity contribution in [1.82, 2.24) is 25.1 Å². The number of sulfonamides is 1. The van der Waals surface area contributed by atoms with E-state index in [0.29, 0.717) is 48.5 Å². The van der Waals surface area contributed by atoms with Crippen LogP contribution < -0.4 is 10.9 Å². The van der Waals surface area contributed by atoms with Crippen molar-refractivity contribution in [2.45, 2.75) is 32.1 Å². The number of ether oxygens (including phenoxy) is 2. The fourth-order valence-corrected chi connectivity index (χ4v) is 6.14. The standard InChI is InChI=1S/C31H33N5O6S/c1-31(2,3)42-30(38)35-34-29(37)25-18-28(33-27-12-13-32-19-26(25)27)24-10-8-23(9-11-24)22-6-4-21(5-7-22)20-43(39,40)36-14-16-41-17-15-36/h4-13,18-19H,14-17,20H2,1-3H3,(H,34,37)(H,35,38). The first-order valence-corrected chi connectivity index (χ1v) is 15.4.